The van der Waals surface area contributed by atoms with E-state index in [0.29, 0.717) is 12.1 Å². The van der Waals surface area contributed by atoms with E-state index in [1.165, 1.54) is 24.3 Å². The predicted octanol–water partition coefficient (Wildman–Crippen LogP) is 2.53. The van der Waals surface area contributed by atoms with Gasteiger partial charge in [-0.2, -0.15) is 0 Å². The third kappa shape index (κ3) is 2.10. The second-order valence-corrected chi connectivity index (χ2v) is 7.00. The van der Waals surface area contributed by atoms with Gasteiger partial charge in [-0.3, -0.25) is 9.59 Å². The molecule has 2 saturated heterocycles. The molecule has 3 aliphatic rings. The van der Waals surface area contributed by atoms with Gasteiger partial charge < -0.3 is 14.7 Å². The van der Waals surface area contributed by atoms with E-state index in [0.717, 1.165) is 5.57 Å². The van der Waals surface area contributed by atoms with Gasteiger partial charge in [0.1, 0.15) is 17.3 Å². The zero-order valence-electron chi connectivity index (χ0n) is 13.7. The van der Waals surface area contributed by atoms with Crippen molar-refractivity contribution in [2.75, 3.05) is 4.90 Å². The minimum absolute atomic E-state index is 0.294. The number of amides is 1. The lowest BCUT2D eigenvalue weighted by Gasteiger charge is -2.33. The van der Waals surface area contributed by atoms with Crippen molar-refractivity contribution in [3.63, 3.8) is 0 Å². The molecule has 130 valence electrons. The molecule has 1 amide bonds. The summed E-state index contributed by atoms with van der Waals surface area (Å²) >= 11 is 0. The number of hydrogen-bond donors (Lipinski definition) is 1. The molecule has 3 aliphatic heterocycles. The summed E-state index contributed by atoms with van der Waals surface area (Å²) in [7, 11) is 0. The summed E-state index contributed by atoms with van der Waals surface area (Å²) in [5.74, 6) is -3.42. The predicted molar refractivity (Wildman–Crippen MR) is 88.5 cm³/mol. The Kier molecular flexibility index (Phi) is 3.37. The summed E-state index contributed by atoms with van der Waals surface area (Å²) in [6, 6.07) is 5.23. The van der Waals surface area contributed by atoms with Crippen LogP contribution < -0.4 is 4.90 Å². The number of carboxylic acids is 1. The summed E-state index contributed by atoms with van der Waals surface area (Å²) < 4.78 is 19.3. The molecule has 0 saturated carbocycles. The minimum atomic E-state index is -1.04. The van der Waals surface area contributed by atoms with Crippen LogP contribution in [0.15, 0.2) is 48.6 Å². The molecule has 5 atom stereocenters. The first-order chi connectivity index (χ1) is 11.8. The largest absolute Gasteiger partial charge is 0.481 e. The van der Waals surface area contributed by atoms with Gasteiger partial charge in [0, 0.05) is 5.69 Å². The molecule has 4 rings (SSSR count). The normalized spacial score (nSPS) is 35.3. The summed E-state index contributed by atoms with van der Waals surface area (Å²) in [4.78, 5) is 26.5. The number of anilines is 1. The highest BCUT2D eigenvalue weighted by Gasteiger charge is 2.71. The molecule has 1 aromatic rings. The average Bonchev–Trinajstić information content (AvgIpc) is 3.18. The number of benzene rings is 1. The highest BCUT2D eigenvalue weighted by molar-refractivity contribution is 6.03. The van der Waals surface area contributed by atoms with Gasteiger partial charge in [0.2, 0.25) is 5.91 Å². The number of rotatable bonds is 4. The quantitative estimate of drug-likeness (QED) is 0.853. The van der Waals surface area contributed by atoms with Crippen molar-refractivity contribution < 1.29 is 23.8 Å². The fourth-order valence-electron chi connectivity index (χ4n) is 4.42. The molecule has 25 heavy (non-hydrogen) atoms. The maximum absolute atomic E-state index is 13.3. The van der Waals surface area contributed by atoms with E-state index < -0.39 is 41.4 Å². The number of halogens is 1. The summed E-state index contributed by atoms with van der Waals surface area (Å²) in [5, 5.41) is 9.61. The Morgan fingerprint density at radius 2 is 2.08 bits per heavy atom. The van der Waals surface area contributed by atoms with E-state index >= 15 is 0 Å². The van der Waals surface area contributed by atoms with Gasteiger partial charge >= 0.3 is 5.97 Å². The van der Waals surface area contributed by atoms with Gasteiger partial charge in [-0.05, 0) is 37.6 Å². The molecule has 0 aliphatic carbocycles. The molecule has 6 heteroatoms. The molecule has 2 fully saturated rings. The molecule has 3 heterocycles. The number of carbonyl (C=O) groups is 2. The number of ether oxygens (including phenoxy) is 1. The second kappa shape index (κ2) is 5.26. The summed E-state index contributed by atoms with van der Waals surface area (Å²) in [6.07, 6.45) is 3.46. The fourth-order valence-corrected chi connectivity index (χ4v) is 4.42. The van der Waals surface area contributed by atoms with Crippen LogP contribution in [0.3, 0.4) is 0 Å². The van der Waals surface area contributed by atoms with E-state index in [1.807, 2.05) is 13.0 Å². The lowest BCUT2D eigenvalue weighted by Crippen LogP contribution is -2.45. The van der Waals surface area contributed by atoms with Crippen LogP contribution in [0.2, 0.25) is 0 Å². The van der Waals surface area contributed by atoms with Crippen molar-refractivity contribution >= 4 is 17.6 Å². The third-order valence-corrected chi connectivity index (χ3v) is 5.35. The molecule has 0 unspecified atom stereocenters. The maximum Gasteiger partial charge on any atom is 0.310 e. The van der Waals surface area contributed by atoms with Crippen LogP contribution >= 0.6 is 0 Å². The zero-order valence-corrected chi connectivity index (χ0v) is 13.7. The number of aliphatic carboxylic acids is 1. The Morgan fingerprint density at radius 3 is 2.68 bits per heavy atom. The number of fused-ring (bicyclic) bond motifs is 1. The lowest BCUT2D eigenvalue weighted by atomic mass is 9.74. The first-order valence-electron chi connectivity index (χ1n) is 8.18. The van der Waals surface area contributed by atoms with Crippen molar-refractivity contribution in [1.29, 1.82) is 0 Å². The van der Waals surface area contributed by atoms with Crippen molar-refractivity contribution in [3.8, 4) is 0 Å². The second-order valence-electron chi connectivity index (χ2n) is 7.00. The monoisotopic (exact) mass is 343 g/mol. The van der Waals surface area contributed by atoms with E-state index in [4.69, 9.17) is 4.74 Å². The molecular formula is C19H18FNO4. The number of nitrogens with zero attached hydrogens (tertiary/aromatic N) is 1. The molecule has 0 radical (unpaired) electrons. The fraction of sp³-hybridized carbons (Fsp3) is 0.368. The van der Waals surface area contributed by atoms with Crippen molar-refractivity contribution in [2.45, 2.75) is 31.1 Å². The third-order valence-electron chi connectivity index (χ3n) is 5.35. The van der Waals surface area contributed by atoms with Gasteiger partial charge in [0.25, 0.3) is 0 Å². The molecule has 0 aromatic heterocycles. The highest BCUT2D eigenvalue weighted by Crippen LogP contribution is 2.56. The summed E-state index contributed by atoms with van der Waals surface area (Å²) in [5.41, 5.74) is 0.420. The SMILES string of the molecule is C=C(C)C[C@@H]1N(c2ccc(F)cc2)C(=O)[C@H]2[C@H](C(=O)O)[C@H]3C=C[C@@]12O3. The molecular weight excluding hydrogens is 325 g/mol. The van der Waals surface area contributed by atoms with Gasteiger partial charge in [-0.1, -0.05) is 17.7 Å². The van der Waals surface area contributed by atoms with E-state index in [1.54, 1.807) is 11.0 Å². The molecule has 1 spiro atoms. The maximum atomic E-state index is 13.3. The first-order valence-corrected chi connectivity index (χ1v) is 8.18. The molecule has 2 bridgehead atoms. The van der Waals surface area contributed by atoms with Crippen molar-refractivity contribution in [2.24, 2.45) is 11.8 Å². The Hall–Kier alpha value is -2.47. The first kappa shape index (κ1) is 16.0. The standard InChI is InChI=1S/C19H18FNO4/c1-10(2)9-14-19-8-7-13(25-19)15(18(23)24)16(19)17(22)21(14)12-5-3-11(20)4-6-12/h3-8,13-16H,1,9H2,2H3,(H,23,24)/t13-,14+,15-,16-,19-/m1/s1. The van der Waals surface area contributed by atoms with Crippen LogP contribution in [0, 0.1) is 17.7 Å². The van der Waals surface area contributed by atoms with Gasteiger partial charge in [-0.25, -0.2) is 4.39 Å². The lowest BCUT2D eigenvalue weighted by molar-refractivity contribution is -0.146. The van der Waals surface area contributed by atoms with Crippen LogP contribution in [0.4, 0.5) is 10.1 Å². The van der Waals surface area contributed by atoms with Crippen LogP contribution in [0.25, 0.3) is 0 Å². The molecule has 5 nitrogen and oxygen atoms in total. The molecule has 1 aromatic carbocycles. The van der Waals surface area contributed by atoms with E-state index in [2.05, 4.69) is 6.58 Å². The Labute approximate surface area is 144 Å². The van der Waals surface area contributed by atoms with Crippen molar-refractivity contribution in [1.82, 2.24) is 0 Å². The summed E-state index contributed by atoms with van der Waals surface area (Å²) in [6.45, 7) is 5.80. The topological polar surface area (TPSA) is 66.8 Å². The smallest absolute Gasteiger partial charge is 0.310 e. The van der Waals surface area contributed by atoms with Crippen LogP contribution in [0.1, 0.15) is 13.3 Å². The Morgan fingerprint density at radius 1 is 1.40 bits per heavy atom. The van der Waals surface area contributed by atoms with Crippen molar-refractivity contribution in [3.05, 3.63) is 54.4 Å². The van der Waals surface area contributed by atoms with E-state index in [9.17, 15) is 19.1 Å². The number of carboxylic acid groups (broad SMARTS) is 1. The van der Waals surface area contributed by atoms with Gasteiger partial charge in [0.15, 0.2) is 0 Å². The van der Waals surface area contributed by atoms with Crippen LogP contribution in [-0.4, -0.2) is 34.7 Å². The van der Waals surface area contributed by atoms with Crippen LogP contribution in [-0.2, 0) is 14.3 Å². The van der Waals surface area contributed by atoms with Crippen LogP contribution in [0.5, 0.6) is 0 Å². The Bertz CT molecular complexity index is 802. The highest BCUT2D eigenvalue weighted by atomic mass is 19.1. The van der Waals surface area contributed by atoms with Gasteiger partial charge in [0.05, 0.1) is 18.1 Å². The van der Waals surface area contributed by atoms with E-state index in [-0.39, 0.29) is 5.91 Å². The van der Waals surface area contributed by atoms with Gasteiger partial charge in [-0.15, -0.1) is 6.58 Å². The molecule has 1 N–H and O–H groups in total. The zero-order chi connectivity index (χ0) is 17.9. The average molecular weight is 343 g/mol. The minimum Gasteiger partial charge on any atom is -0.481 e. The number of hydrogen-bond acceptors (Lipinski definition) is 3. The Balaban J connectivity index is 1.84. The number of carbonyl (C=O) groups excluding carboxylic acids is 1.